The van der Waals surface area contributed by atoms with Gasteiger partial charge in [0.1, 0.15) is 0 Å². The molecule has 6 nitrogen and oxygen atoms in total. The molecular weight excluding hydrogens is 701 g/mol. The number of ether oxygens (including phenoxy) is 2. The molecule has 260 valence electrons. The maximum absolute atomic E-state index is 12.6. The summed E-state index contributed by atoms with van der Waals surface area (Å²) >= 11 is 3.30. The zero-order valence-electron chi connectivity index (χ0n) is 29.4. The van der Waals surface area contributed by atoms with Crippen LogP contribution in [0.15, 0.2) is 117 Å². The molecule has 10 rings (SSSR count). The highest BCUT2D eigenvalue weighted by molar-refractivity contribution is 7.99. The molecule has 0 amide bonds. The molecule has 6 aromatic carbocycles. The third kappa shape index (κ3) is 4.61. The molecule has 0 saturated heterocycles. The Morgan fingerprint density at radius 2 is 0.868 bits per heavy atom. The zero-order valence-corrected chi connectivity index (χ0v) is 31.1. The van der Waals surface area contributed by atoms with Crippen LogP contribution in [0.3, 0.4) is 0 Å². The summed E-state index contributed by atoms with van der Waals surface area (Å²) in [7, 11) is 0. The monoisotopic (exact) mass is 732 g/mol. The Hall–Kier alpha value is -5.18. The van der Waals surface area contributed by atoms with E-state index in [2.05, 4.69) is 64.1 Å². The number of carbonyl (C=O) groups excluding carboxylic acids is 4. The van der Waals surface area contributed by atoms with Crippen molar-refractivity contribution in [2.45, 2.75) is 76.4 Å². The van der Waals surface area contributed by atoms with E-state index in [0.717, 1.165) is 43.2 Å². The van der Waals surface area contributed by atoms with Gasteiger partial charge in [0.25, 0.3) is 0 Å². The molecule has 2 aliphatic carbocycles. The first kappa shape index (κ1) is 32.5. The molecule has 2 heterocycles. The zero-order chi connectivity index (χ0) is 36.6. The molecule has 0 radical (unpaired) electrons. The molecule has 4 aliphatic rings. The van der Waals surface area contributed by atoms with Crippen LogP contribution in [0.2, 0.25) is 0 Å². The van der Waals surface area contributed by atoms with Crippen LogP contribution in [0.25, 0.3) is 21.5 Å². The highest BCUT2D eigenvalue weighted by atomic mass is 32.2. The minimum atomic E-state index is -0.610. The van der Waals surface area contributed by atoms with Crippen molar-refractivity contribution in [2.75, 3.05) is 0 Å². The van der Waals surface area contributed by atoms with Crippen LogP contribution < -0.4 is 0 Å². The Morgan fingerprint density at radius 1 is 0.472 bits per heavy atom. The van der Waals surface area contributed by atoms with Gasteiger partial charge in [0.05, 0.1) is 22.3 Å². The van der Waals surface area contributed by atoms with Gasteiger partial charge in [0, 0.05) is 35.8 Å². The topological polar surface area (TPSA) is 86.7 Å². The van der Waals surface area contributed by atoms with Gasteiger partial charge in [-0.15, -0.1) is 0 Å². The van der Waals surface area contributed by atoms with Crippen LogP contribution in [0.5, 0.6) is 0 Å². The summed E-state index contributed by atoms with van der Waals surface area (Å²) in [6.07, 6.45) is 1.95. The third-order valence-corrected chi connectivity index (χ3v) is 13.8. The highest BCUT2D eigenvalue weighted by Crippen LogP contribution is 2.63. The van der Waals surface area contributed by atoms with E-state index in [0.29, 0.717) is 33.0 Å². The number of carbonyl (C=O) groups is 4. The Bertz CT molecular complexity index is 2500. The molecule has 0 unspecified atom stereocenters. The number of cyclic esters (lactones) is 4. The van der Waals surface area contributed by atoms with Gasteiger partial charge in [-0.2, -0.15) is 0 Å². The summed E-state index contributed by atoms with van der Waals surface area (Å²) in [4.78, 5) is 54.6. The number of esters is 4. The fraction of sp³-hybridized carbons (Fsp3) is 0.200. The van der Waals surface area contributed by atoms with Crippen molar-refractivity contribution in [1.82, 2.24) is 0 Å². The van der Waals surface area contributed by atoms with Crippen molar-refractivity contribution in [3.8, 4) is 0 Å². The maximum Gasteiger partial charge on any atom is 0.346 e. The molecule has 6 aromatic rings. The smallest absolute Gasteiger partial charge is 0.346 e. The molecule has 0 bridgehead atoms. The summed E-state index contributed by atoms with van der Waals surface area (Å²) in [6, 6.07) is 32.2. The van der Waals surface area contributed by atoms with Crippen LogP contribution >= 0.6 is 23.5 Å². The Labute approximate surface area is 314 Å². The predicted molar refractivity (Wildman–Crippen MR) is 205 cm³/mol. The fourth-order valence-electron chi connectivity index (χ4n) is 9.69. The standard InChI is InChI=1S/C45H32O6S2/c1-43(2)21-45(33-19-23(11-15-31(33)43)52-35-17-13-29-37-25(35)7-5-9-27(37)39(46)50-41(29)48)22-44(3,4)32-16-12-24(20-34(32)45)53-36-18-14-30-38-26(36)8-6-10-28(38)40(47)51-42(30)49/h5-20H,21-22H2,1-4H3. The quantitative estimate of drug-likeness (QED) is 0.131. The number of benzene rings is 6. The molecule has 0 aromatic heterocycles. The minimum absolute atomic E-state index is 0.0579. The van der Waals surface area contributed by atoms with Gasteiger partial charge in [0.2, 0.25) is 0 Å². The summed E-state index contributed by atoms with van der Waals surface area (Å²) in [6.45, 7) is 9.39. The van der Waals surface area contributed by atoms with Gasteiger partial charge in [-0.25, -0.2) is 19.2 Å². The van der Waals surface area contributed by atoms with E-state index in [1.807, 2.05) is 36.4 Å². The van der Waals surface area contributed by atoms with Crippen molar-refractivity contribution >= 4 is 68.9 Å². The van der Waals surface area contributed by atoms with Crippen molar-refractivity contribution in [2.24, 2.45) is 0 Å². The Kier molecular flexibility index (Phi) is 6.70. The van der Waals surface area contributed by atoms with Crippen molar-refractivity contribution in [1.29, 1.82) is 0 Å². The Balaban J connectivity index is 1.08. The van der Waals surface area contributed by atoms with Crippen molar-refractivity contribution in [3.63, 3.8) is 0 Å². The maximum atomic E-state index is 12.6. The first-order valence-corrected chi connectivity index (χ1v) is 19.3. The van der Waals surface area contributed by atoms with Crippen LogP contribution in [0, 0.1) is 0 Å². The number of rotatable bonds is 4. The van der Waals surface area contributed by atoms with Gasteiger partial charge in [-0.05, 0) is 117 Å². The van der Waals surface area contributed by atoms with Gasteiger partial charge < -0.3 is 9.47 Å². The lowest BCUT2D eigenvalue weighted by Gasteiger charge is -2.31. The van der Waals surface area contributed by atoms with Crippen molar-refractivity contribution in [3.05, 3.63) is 142 Å². The van der Waals surface area contributed by atoms with Crippen LogP contribution in [-0.4, -0.2) is 23.9 Å². The average molecular weight is 733 g/mol. The molecule has 0 saturated carbocycles. The van der Waals surface area contributed by atoms with Crippen LogP contribution in [0.4, 0.5) is 0 Å². The SMILES string of the molecule is CC1(C)CC2(CC(C)(C)c3ccc(Sc4ccc5c6c(cccc46)C(=O)OC5=O)cc32)c2cc(Sc3ccc4c5c(cccc35)C(=O)OC4=O)ccc21. The summed E-state index contributed by atoms with van der Waals surface area (Å²) in [5.74, 6) is -2.44. The first-order chi connectivity index (χ1) is 25.3. The minimum Gasteiger partial charge on any atom is -0.386 e. The van der Waals surface area contributed by atoms with E-state index in [-0.39, 0.29) is 16.2 Å². The molecule has 8 heteroatoms. The predicted octanol–water partition coefficient (Wildman–Crippen LogP) is 10.6. The largest absolute Gasteiger partial charge is 0.386 e. The van der Waals surface area contributed by atoms with Gasteiger partial charge in [-0.1, -0.05) is 87.6 Å². The second kappa shape index (κ2) is 10.9. The normalized spacial score (nSPS) is 18.3. The lowest BCUT2D eigenvalue weighted by atomic mass is 9.72. The van der Waals surface area contributed by atoms with Crippen LogP contribution in [-0.2, 0) is 25.7 Å². The Morgan fingerprint density at radius 3 is 1.28 bits per heavy atom. The summed E-state index contributed by atoms with van der Waals surface area (Å²) in [5.41, 5.74) is 6.73. The fourth-order valence-corrected chi connectivity index (χ4v) is 11.7. The first-order valence-electron chi connectivity index (χ1n) is 17.6. The summed E-state index contributed by atoms with van der Waals surface area (Å²) < 4.78 is 10.00. The molecule has 2 aliphatic heterocycles. The van der Waals surface area contributed by atoms with E-state index >= 15 is 0 Å². The van der Waals surface area contributed by atoms with E-state index in [1.165, 1.54) is 22.3 Å². The number of hydrogen-bond acceptors (Lipinski definition) is 8. The van der Waals surface area contributed by atoms with E-state index in [9.17, 15) is 19.2 Å². The van der Waals surface area contributed by atoms with Gasteiger partial charge in [-0.3, -0.25) is 0 Å². The van der Waals surface area contributed by atoms with Crippen molar-refractivity contribution < 1.29 is 28.7 Å². The molecule has 0 atom stereocenters. The second-order valence-corrected chi connectivity index (χ2v) is 18.1. The van der Waals surface area contributed by atoms with Crippen LogP contribution in [0.1, 0.15) is 104 Å². The van der Waals surface area contributed by atoms with Gasteiger partial charge in [0.15, 0.2) is 0 Å². The number of hydrogen-bond donors (Lipinski definition) is 0. The summed E-state index contributed by atoms with van der Waals surface area (Å²) in [5, 5.41) is 3.02. The molecule has 1 spiro atoms. The third-order valence-electron chi connectivity index (χ3n) is 11.7. The lowest BCUT2D eigenvalue weighted by molar-refractivity contribution is 0.0373. The molecule has 0 fully saturated rings. The lowest BCUT2D eigenvalue weighted by Crippen LogP contribution is -2.27. The van der Waals surface area contributed by atoms with E-state index < -0.39 is 23.9 Å². The van der Waals surface area contributed by atoms with Gasteiger partial charge >= 0.3 is 23.9 Å². The molecule has 0 N–H and O–H groups in total. The van der Waals surface area contributed by atoms with E-state index in [4.69, 9.17) is 9.47 Å². The highest BCUT2D eigenvalue weighted by Gasteiger charge is 2.56. The average Bonchev–Trinajstić information content (AvgIpc) is 3.49. The number of fused-ring (bicyclic) bond motifs is 4. The second-order valence-electron chi connectivity index (χ2n) is 15.9. The molecule has 53 heavy (non-hydrogen) atoms. The molecular formula is C45H32O6S2. The van der Waals surface area contributed by atoms with E-state index in [1.54, 1.807) is 47.8 Å².